The molecule has 0 aromatic heterocycles. The van der Waals surface area contributed by atoms with E-state index in [1.54, 1.807) is 0 Å². The Balaban J connectivity index is 1.45. The van der Waals surface area contributed by atoms with Crippen LogP contribution in [0, 0.1) is 5.92 Å². The van der Waals surface area contributed by atoms with Crippen molar-refractivity contribution in [2.75, 3.05) is 62.7 Å². The fraction of sp³-hybridized carbons (Fsp3) is 0.611. The first kappa shape index (κ1) is 18.4. The van der Waals surface area contributed by atoms with Gasteiger partial charge in [0.05, 0.1) is 5.75 Å². The van der Waals surface area contributed by atoms with Crippen molar-refractivity contribution >= 4 is 21.4 Å². The van der Waals surface area contributed by atoms with Crippen LogP contribution in [0.1, 0.15) is 6.42 Å². The number of benzene rings is 1. The zero-order valence-corrected chi connectivity index (χ0v) is 15.6. The molecule has 1 aromatic rings. The molecule has 138 valence electrons. The fourth-order valence-corrected chi connectivity index (χ4v) is 4.21. The number of amides is 1. The zero-order chi connectivity index (χ0) is 17.9. The molecule has 0 radical (unpaired) electrons. The van der Waals surface area contributed by atoms with Gasteiger partial charge in [-0.2, -0.15) is 0 Å². The molecule has 6 nitrogen and oxygen atoms in total. The van der Waals surface area contributed by atoms with Gasteiger partial charge in [0.2, 0.25) is 5.91 Å². The van der Waals surface area contributed by atoms with Crippen molar-refractivity contribution in [1.82, 2.24) is 9.80 Å². The van der Waals surface area contributed by atoms with Crippen molar-refractivity contribution in [3.8, 4) is 0 Å². The maximum atomic E-state index is 12.3. The van der Waals surface area contributed by atoms with Crippen LogP contribution in [0.2, 0.25) is 0 Å². The van der Waals surface area contributed by atoms with Crippen molar-refractivity contribution < 1.29 is 13.2 Å². The number of nitrogens with zero attached hydrogens (tertiary/aromatic N) is 3. The molecule has 1 atom stereocenters. The van der Waals surface area contributed by atoms with E-state index in [1.165, 1.54) is 6.26 Å². The van der Waals surface area contributed by atoms with Crippen molar-refractivity contribution in [2.45, 2.75) is 6.42 Å². The molecule has 7 heteroatoms. The van der Waals surface area contributed by atoms with E-state index in [2.05, 4.69) is 9.80 Å². The third-order valence-electron chi connectivity index (χ3n) is 5.03. The summed E-state index contributed by atoms with van der Waals surface area (Å²) in [5.74, 6) is 0.814. The average molecular weight is 365 g/mol. The standard InChI is InChI=1S/C18H27N3O3S/c1-25(23,24)12-11-19-7-9-20(10-8-19)14-16-13-18(22)21(15-16)17-5-3-2-4-6-17/h2-6,16H,7-15H2,1H3. The van der Waals surface area contributed by atoms with Crippen LogP contribution in [0.3, 0.4) is 0 Å². The fourth-order valence-electron chi connectivity index (χ4n) is 3.62. The van der Waals surface area contributed by atoms with Crippen LogP contribution < -0.4 is 4.90 Å². The topological polar surface area (TPSA) is 60.9 Å². The summed E-state index contributed by atoms with van der Waals surface area (Å²) < 4.78 is 22.5. The second kappa shape index (κ2) is 7.85. The largest absolute Gasteiger partial charge is 0.312 e. The van der Waals surface area contributed by atoms with Gasteiger partial charge in [-0.3, -0.25) is 9.69 Å². The van der Waals surface area contributed by atoms with Gasteiger partial charge in [-0.15, -0.1) is 0 Å². The summed E-state index contributed by atoms with van der Waals surface area (Å²) in [6.07, 6.45) is 1.90. The van der Waals surface area contributed by atoms with Crippen LogP contribution >= 0.6 is 0 Å². The average Bonchev–Trinajstić information content (AvgIpc) is 2.95. The Kier molecular flexibility index (Phi) is 5.76. The van der Waals surface area contributed by atoms with E-state index in [4.69, 9.17) is 0 Å². The van der Waals surface area contributed by atoms with Gasteiger partial charge in [0, 0.05) is 64.2 Å². The number of carbonyl (C=O) groups excluding carboxylic acids is 1. The molecule has 1 aromatic carbocycles. The molecule has 1 unspecified atom stereocenters. The van der Waals surface area contributed by atoms with Gasteiger partial charge >= 0.3 is 0 Å². The molecule has 0 bridgehead atoms. The van der Waals surface area contributed by atoms with E-state index in [-0.39, 0.29) is 11.7 Å². The number of hydrogen-bond acceptors (Lipinski definition) is 5. The smallest absolute Gasteiger partial charge is 0.227 e. The summed E-state index contributed by atoms with van der Waals surface area (Å²) in [7, 11) is -2.89. The highest BCUT2D eigenvalue weighted by molar-refractivity contribution is 7.90. The highest BCUT2D eigenvalue weighted by Gasteiger charge is 2.32. The summed E-state index contributed by atoms with van der Waals surface area (Å²) in [6, 6.07) is 9.86. The first-order valence-electron chi connectivity index (χ1n) is 8.88. The maximum Gasteiger partial charge on any atom is 0.227 e. The number of anilines is 1. The minimum atomic E-state index is -2.89. The lowest BCUT2D eigenvalue weighted by atomic mass is 10.1. The monoisotopic (exact) mass is 365 g/mol. The van der Waals surface area contributed by atoms with Crippen molar-refractivity contribution in [2.24, 2.45) is 5.92 Å². The van der Waals surface area contributed by atoms with Crippen LogP contribution in [-0.4, -0.2) is 81.9 Å². The lowest BCUT2D eigenvalue weighted by Crippen LogP contribution is -2.48. The van der Waals surface area contributed by atoms with Crippen LogP contribution in [0.4, 0.5) is 5.69 Å². The van der Waals surface area contributed by atoms with Crippen LogP contribution in [0.5, 0.6) is 0 Å². The van der Waals surface area contributed by atoms with Gasteiger partial charge in [-0.25, -0.2) is 8.42 Å². The molecule has 1 amide bonds. The predicted molar refractivity (Wildman–Crippen MR) is 99.5 cm³/mol. The second-order valence-corrected chi connectivity index (χ2v) is 9.44. The van der Waals surface area contributed by atoms with E-state index < -0.39 is 9.84 Å². The van der Waals surface area contributed by atoms with E-state index >= 15 is 0 Å². The quantitative estimate of drug-likeness (QED) is 0.743. The Labute approximate surface area is 150 Å². The van der Waals surface area contributed by atoms with Crippen molar-refractivity contribution in [3.05, 3.63) is 30.3 Å². The number of hydrogen-bond donors (Lipinski definition) is 0. The van der Waals surface area contributed by atoms with Crippen molar-refractivity contribution in [3.63, 3.8) is 0 Å². The molecule has 0 aliphatic carbocycles. The number of sulfone groups is 1. The lowest BCUT2D eigenvalue weighted by Gasteiger charge is -2.35. The highest BCUT2D eigenvalue weighted by Crippen LogP contribution is 2.25. The molecule has 2 heterocycles. The number of carbonyl (C=O) groups is 1. The van der Waals surface area contributed by atoms with E-state index in [0.717, 1.165) is 45.0 Å². The van der Waals surface area contributed by atoms with E-state index in [1.807, 2.05) is 35.2 Å². The third-order valence-corrected chi connectivity index (χ3v) is 5.96. The van der Waals surface area contributed by atoms with Gasteiger partial charge in [-0.1, -0.05) is 18.2 Å². The molecular formula is C18H27N3O3S. The first-order chi connectivity index (χ1) is 11.9. The minimum absolute atomic E-state index is 0.211. The number of rotatable bonds is 6. The summed E-state index contributed by atoms with van der Waals surface area (Å²) in [6.45, 7) is 6.04. The predicted octanol–water partition coefficient (Wildman–Crippen LogP) is 0.702. The molecular weight excluding hydrogens is 338 g/mol. The van der Waals surface area contributed by atoms with Gasteiger partial charge in [-0.05, 0) is 18.1 Å². The zero-order valence-electron chi connectivity index (χ0n) is 14.8. The molecule has 0 spiro atoms. The van der Waals surface area contributed by atoms with Gasteiger partial charge in [0.15, 0.2) is 0 Å². The molecule has 2 saturated heterocycles. The summed E-state index contributed by atoms with van der Waals surface area (Å²) in [4.78, 5) is 18.8. The van der Waals surface area contributed by atoms with Crippen LogP contribution in [0.15, 0.2) is 30.3 Å². The Bertz CT molecular complexity index is 685. The molecule has 2 aliphatic heterocycles. The minimum Gasteiger partial charge on any atom is -0.312 e. The first-order valence-corrected chi connectivity index (χ1v) is 10.9. The van der Waals surface area contributed by atoms with E-state index in [0.29, 0.717) is 18.9 Å². The second-order valence-electron chi connectivity index (χ2n) is 7.18. The summed E-state index contributed by atoms with van der Waals surface area (Å²) >= 11 is 0. The Hall–Kier alpha value is -1.44. The number of piperazine rings is 1. The van der Waals surface area contributed by atoms with Crippen LogP contribution in [-0.2, 0) is 14.6 Å². The number of para-hydroxylation sites is 1. The lowest BCUT2D eigenvalue weighted by molar-refractivity contribution is -0.117. The molecule has 0 N–H and O–H groups in total. The van der Waals surface area contributed by atoms with E-state index in [9.17, 15) is 13.2 Å². The SMILES string of the molecule is CS(=O)(=O)CCN1CCN(CC2CC(=O)N(c3ccccc3)C2)CC1. The highest BCUT2D eigenvalue weighted by atomic mass is 32.2. The van der Waals surface area contributed by atoms with Gasteiger partial charge in [0.25, 0.3) is 0 Å². The Morgan fingerprint density at radius 1 is 1.04 bits per heavy atom. The van der Waals surface area contributed by atoms with Gasteiger partial charge < -0.3 is 9.80 Å². The molecule has 3 rings (SSSR count). The molecule has 2 fully saturated rings. The molecule has 25 heavy (non-hydrogen) atoms. The van der Waals surface area contributed by atoms with Crippen LogP contribution in [0.25, 0.3) is 0 Å². The van der Waals surface area contributed by atoms with Crippen molar-refractivity contribution in [1.29, 1.82) is 0 Å². The Morgan fingerprint density at radius 2 is 1.68 bits per heavy atom. The molecule has 2 aliphatic rings. The summed E-state index contributed by atoms with van der Waals surface area (Å²) in [5.41, 5.74) is 0.987. The maximum absolute atomic E-state index is 12.3. The normalized spacial score (nSPS) is 23.3. The Morgan fingerprint density at radius 3 is 2.32 bits per heavy atom. The van der Waals surface area contributed by atoms with Gasteiger partial charge in [0.1, 0.15) is 9.84 Å². The third kappa shape index (κ3) is 5.26. The summed E-state index contributed by atoms with van der Waals surface area (Å²) in [5, 5.41) is 0. The molecule has 0 saturated carbocycles.